The number of nitrogen functional groups attached to an aromatic ring is 1. The second kappa shape index (κ2) is 4.26. The molecule has 0 aliphatic heterocycles. The number of halogens is 1. The highest BCUT2D eigenvalue weighted by molar-refractivity contribution is 9.11. The molecule has 7 heteroatoms. The first kappa shape index (κ1) is 11.2. The highest BCUT2D eigenvalue weighted by Crippen LogP contribution is 2.22. The first-order valence-electron chi connectivity index (χ1n) is 4.40. The van der Waals surface area contributed by atoms with Gasteiger partial charge in [-0.2, -0.15) is 0 Å². The molecule has 0 saturated carbocycles. The van der Waals surface area contributed by atoms with Crippen molar-refractivity contribution in [3.05, 3.63) is 47.7 Å². The molecule has 0 fully saturated rings. The van der Waals surface area contributed by atoms with Crippen molar-refractivity contribution in [3.63, 3.8) is 0 Å². The van der Waals surface area contributed by atoms with E-state index in [2.05, 4.69) is 20.9 Å². The minimum atomic E-state index is -0.491. The van der Waals surface area contributed by atoms with E-state index in [1.165, 1.54) is 22.0 Å². The lowest BCUT2D eigenvalue weighted by atomic mass is 10.4. The molecule has 2 rings (SSSR count). The van der Waals surface area contributed by atoms with E-state index in [-0.39, 0.29) is 5.82 Å². The Morgan fingerprint density at radius 2 is 2.19 bits per heavy atom. The lowest BCUT2D eigenvalue weighted by Crippen LogP contribution is -2.31. The number of H-pyrrole nitrogens is 1. The van der Waals surface area contributed by atoms with E-state index in [9.17, 15) is 9.59 Å². The number of anilines is 1. The van der Waals surface area contributed by atoms with Crippen molar-refractivity contribution < 1.29 is 0 Å². The Bertz CT molecular complexity index is 628. The fourth-order valence-electron chi connectivity index (χ4n) is 1.29. The fraction of sp³-hybridized carbons (Fsp3) is 0.111. The molecule has 84 valence electrons. The van der Waals surface area contributed by atoms with Gasteiger partial charge in [0.2, 0.25) is 0 Å². The van der Waals surface area contributed by atoms with E-state index in [1.54, 1.807) is 0 Å². The maximum Gasteiger partial charge on any atom is 0.330 e. The summed E-state index contributed by atoms with van der Waals surface area (Å²) in [6.45, 7) is 0.359. The van der Waals surface area contributed by atoms with Gasteiger partial charge in [-0.25, -0.2) is 4.79 Å². The molecule has 0 radical (unpaired) electrons. The molecule has 2 aromatic rings. The second-order valence-electron chi connectivity index (χ2n) is 3.16. The van der Waals surface area contributed by atoms with Crippen molar-refractivity contribution in [2.45, 2.75) is 6.54 Å². The minimum absolute atomic E-state index is 0.165. The summed E-state index contributed by atoms with van der Waals surface area (Å²) in [7, 11) is 0. The molecule has 2 aromatic heterocycles. The van der Waals surface area contributed by atoms with Crippen LogP contribution in [0, 0.1) is 0 Å². The van der Waals surface area contributed by atoms with Gasteiger partial charge < -0.3 is 5.73 Å². The zero-order valence-corrected chi connectivity index (χ0v) is 10.5. The average molecular weight is 302 g/mol. The lowest BCUT2D eigenvalue weighted by molar-refractivity contribution is 0.741. The van der Waals surface area contributed by atoms with Gasteiger partial charge in [0.1, 0.15) is 5.82 Å². The highest BCUT2D eigenvalue weighted by Gasteiger charge is 2.05. The van der Waals surface area contributed by atoms with Gasteiger partial charge in [0.05, 0.1) is 10.3 Å². The number of hydrogen-bond acceptors (Lipinski definition) is 4. The molecule has 0 bridgehead atoms. The Morgan fingerprint density at radius 3 is 2.75 bits per heavy atom. The Balaban J connectivity index is 2.42. The Labute approximate surface area is 103 Å². The highest BCUT2D eigenvalue weighted by atomic mass is 79.9. The first-order chi connectivity index (χ1) is 7.56. The molecule has 0 aliphatic rings. The van der Waals surface area contributed by atoms with Crippen LogP contribution in [0.25, 0.3) is 0 Å². The van der Waals surface area contributed by atoms with Gasteiger partial charge in [0, 0.05) is 10.9 Å². The van der Waals surface area contributed by atoms with E-state index in [4.69, 9.17) is 5.73 Å². The third kappa shape index (κ3) is 2.25. The molecule has 0 aliphatic carbocycles. The van der Waals surface area contributed by atoms with Crippen molar-refractivity contribution in [1.82, 2.24) is 9.55 Å². The van der Waals surface area contributed by atoms with Crippen LogP contribution in [0.1, 0.15) is 4.88 Å². The Kier molecular flexibility index (Phi) is 2.97. The molecule has 0 amide bonds. The third-order valence-electron chi connectivity index (χ3n) is 2.01. The Morgan fingerprint density at radius 1 is 1.44 bits per heavy atom. The second-order valence-corrected chi connectivity index (χ2v) is 5.70. The summed E-state index contributed by atoms with van der Waals surface area (Å²) in [4.78, 5) is 25.6. The number of nitrogens with two attached hydrogens (primary N) is 1. The smallest absolute Gasteiger partial charge is 0.330 e. The van der Waals surface area contributed by atoms with E-state index in [0.717, 1.165) is 8.66 Å². The first-order valence-corrected chi connectivity index (χ1v) is 6.01. The summed E-state index contributed by atoms with van der Waals surface area (Å²) in [6.07, 6.45) is 0. The molecule has 0 saturated heterocycles. The molecule has 0 unspecified atom stereocenters. The van der Waals surface area contributed by atoms with Crippen LogP contribution in [0.5, 0.6) is 0 Å². The zero-order valence-electron chi connectivity index (χ0n) is 8.07. The summed E-state index contributed by atoms with van der Waals surface area (Å²) in [5.74, 6) is 0.165. The van der Waals surface area contributed by atoms with Gasteiger partial charge >= 0.3 is 5.69 Å². The summed E-state index contributed by atoms with van der Waals surface area (Å²) >= 11 is 4.85. The normalized spacial score (nSPS) is 10.6. The molecular weight excluding hydrogens is 294 g/mol. The van der Waals surface area contributed by atoms with E-state index >= 15 is 0 Å². The molecule has 0 spiro atoms. The van der Waals surface area contributed by atoms with E-state index in [0.29, 0.717) is 6.54 Å². The van der Waals surface area contributed by atoms with Crippen LogP contribution in [-0.2, 0) is 6.54 Å². The number of thiophene rings is 1. The topological polar surface area (TPSA) is 80.9 Å². The molecule has 0 atom stereocenters. The van der Waals surface area contributed by atoms with Crippen LogP contribution in [0.15, 0.2) is 31.6 Å². The predicted molar refractivity (Wildman–Crippen MR) is 66.9 cm³/mol. The van der Waals surface area contributed by atoms with E-state index < -0.39 is 11.2 Å². The van der Waals surface area contributed by atoms with Crippen LogP contribution in [0.4, 0.5) is 5.82 Å². The monoisotopic (exact) mass is 301 g/mol. The van der Waals surface area contributed by atoms with Crippen molar-refractivity contribution >= 4 is 33.1 Å². The summed E-state index contributed by atoms with van der Waals surface area (Å²) in [6, 6.07) is 4.99. The van der Waals surface area contributed by atoms with Gasteiger partial charge in [0.25, 0.3) is 5.56 Å². The third-order valence-corrected chi connectivity index (χ3v) is 3.62. The fourth-order valence-corrected chi connectivity index (χ4v) is 2.77. The standard InChI is InChI=1S/C9H8BrN3O2S/c10-6-2-1-5(16-6)4-13-7(11)3-8(14)12-9(13)15/h1-3H,4,11H2,(H,12,14,15). The Hall–Kier alpha value is -1.34. The number of hydrogen-bond donors (Lipinski definition) is 2. The summed E-state index contributed by atoms with van der Waals surface area (Å²) < 4.78 is 2.30. The molecule has 0 aromatic carbocycles. The van der Waals surface area contributed by atoms with Gasteiger partial charge in [0.15, 0.2) is 0 Å². The molecule has 5 nitrogen and oxygen atoms in total. The van der Waals surface area contributed by atoms with Crippen molar-refractivity contribution in [1.29, 1.82) is 0 Å². The molecule has 3 N–H and O–H groups in total. The lowest BCUT2D eigenvalue weighted by Gasteiger charge is -2.05. The number of nitrogens with zero attached hydrogens (tertiary/aromatic N) is 1. The number of nitrogens with one attached hydrogen (secondary N) is 1. The zero-order chi connectivity index (χ0) is 11.7. The largest absolute Gasteiger partial charge is 0.385 e. The van der Waals surface area contributed by atoms with E-state index in [1.807, 2.05) is 12.1 Å². The summed E-state index contributed by atoms with van der Waals surface area (Å²) in [5, 5.41) is 0. The SMILES string of the molecule is Nc1cc(=O)[nH]c(=O)n1Cc1ccc(Br)s1. The van der Waals surface area contributed by atoms with Crippen LogP contribution in [0.2, 0.25) is 0 Å². The molecular formula is C9H8BrN3O2S. The minimum Gasteiger partial charge on any atom is -0.385 e. The average Bonchev–Trinajstić information content (AvgIpc) is 2.58. The van der Waals surface area contributed by atoms with Gasteiger partial charge in [-0.15, -0.1) is 11.3 Å². The number of aromatic nitrogens is 2. The maximum atomic E-state index is 11.5. The van der Waals surface area contributed by atoms with Crippen LogP contribution in [-0.4, -0.2) is 9.55 Å². The summed E-state index contributed by atoms with van der Waals surface area (Å²) in [5.41, 5.74) is 4.64. The van der Waals surface area contributed by atoms with Crippen molar-refractivity contribution in [2.24, 2.45) is 0 Å². The van der Waals surface area contributed by atoms with Crippen LogP contribution in [0.3, 0.4) is 0 Å². The molecule has 2 heterocycles. The van der Waals surface area contributed by atoms with Gasteiger partial charge in [-0.05, 0) is 28.1 Å². The van der Waals surface area contributed by atoms with Crippen LogP contribution >= 0.6 is 27.3 Å². The number of aromatic amines is 1. The predicted octanol–water partition coefficient (Wildman–Crippen LogP) is 0.991. The van der Waals surface area contributed by atoms with Crippen LogP contribution < -0.4 is 17.0 Å². The molecule has 16 heavy (non-hydrogen) atoms. The maximum absolute atomic E-state index is 11.5. The quantitative estimate of drug-likeness (QED) is 0.868. The number of rotatable bonds is 2. The van der Waals surface area contributed by atoms with Gasteiger partial charge in [-0.1, -0.05) is 0 Å². The van der Waals surface area contributed by atoms with Crippen molar-refractivity contribution in [2.75, 3.05) is 5.73 Å². The van der Waals surface area contributed by atoms with Crippen molar-refractivity contribution in [3.8, 4) is 0 Å². The van der Waals surface area contributed by atoms with Gasteiger partial charge in [-0.3, -0.25) is 14.3 Å².